The minimum Gasteiger partial charge on any atom is -0.362 e. The number of hydrogen-bond donors (Lipinski definition) is 3. The SMILES string of the molecule is CCNC(=S)NNC(=O)c1ccc(CSc2nc(C)cc(C)n2)cc1. The zero-order valence-electron chi connectivity index (χ0n) is 14.4. The monoisotopic (exact) mass is 375 g/mol. The average molecular weight is 376 g/mol. The molecular weight excluding hydrogens is 354 g/mol. The van der Waals surface area contributed by atoms with E-state index in [9.17, 15) is 4.79 Å². The van der Waals surface area contributed by atoms with Crippen LogP contribution in [0.25, 0.3) is 0 Å². The van der Waals surface area contributed by atoms with E-state index in [1.165, 1.54) is 0 Å². The summed E-state index contributed by atoms with van der Waals surface area (Å²) in [6.07, 6.45) is 0. The van der Waals surface area contributed by atoms with E-state index >= 15 is 0 Å². The molecule has 132 valence electrons. The number of hydrogen-bond acceptors (Lipinski definition) is 5. The van der Waals surface area contributed by atoms with Gasteiger partial charge in [-0.3, -0.25) is 15.6 Å². The van der Waals surface area contributed by atoms with Crippen molar-refractivity contribution >= 4 is 35.0 Å². The van der Waals surface area contributed by atoms with Gasteiger partial charge in [-0.25, -0.2) is 9.97 Å². The number of amides is 1. The van der Waals surface area contributed by atoms with Gasteiger partial charge in [0, 0.05) is 29.2 Å². The molecule has 0 unspecified atom stereocenters. The van der Waals surface area contributed by atoms with Crippen LogP contribution < -0.4 is 16.2 Å². The Morgan fingerprint density at radius 1 is 1.12 bits per heavy atom. The van der Waals surface area contributed by atoms with E-state index in [2.05, 4.69) is 26.1 Å². The number of thiocarbonyl (C=S) groups is 1. The van der Waals surface area contributed by atoms with E-state index in [4.69, 9.17) is 12.2 Å². The summed E-state index contributed by atoms with van der Waals surface area (Å²) in [6.45, 7) is 6.54. The lowest BCUT2D eigenvalue weighted by Crippen LogP contribution is -2.46. The highest BCUT2D eigenvalue weighted by atomic mass is 32.2. The van der Waals surface area contributed by atoms with Gasteiger partial charge in [-0.1, -0.05) is 23.9 Å². The van der Waals surface area contributed by atoms with Crippen molar-refractivity contribution < 1.29 is 4.79 Å². The Hall–Kier alpha value is -2.19. The van der Waals surface area contributed by atoms with Crippen LogP contribution in [-0.4, -0.2) is 27.5 Å². The Morgan fingerprint density at radius 2 is 1.76 bits per heavy atom. The second-order valence-corrected chi connectivity index (χ2v) is 6.71. The number of aromatic nitrogens is 2. The zero-order chi connectivity index (χ0) is 18.2. The highest BCUT2D eigenvalue weighted by molar-refractivity contribution is 7.98. The molecular formula is C17H21N5OS2. The average Bonchev–Trinajstić information content (AvgIpc) is 2.58. The van der Waals surface area contributed by atoms with Crippen molar-refractivity contribution in [3.05, 3.63) is 52.8 Å². The molecule has 2 rings (SSSR count). The highest BCUT2D eigenvalue weighted by Gasteiger charge is 2.06. The summed E-state index contributed by atoms with van der Waals surface area (Å²) in [5.41, 5.74) is 8.79. The number of hydrazine groups is 1. The summed E-state index contributed by atoms with van der Waals surface area (Å²) in [4.78, 5) is 20.9. The minimum absolute atomic E-state index is 0.239. The Kier molecular flexibility index (Phi) is 7.15. The second-order valence-electron chi connectivity index (χ2n) is 5.36. The molecule has 25 heavy (non-hydrogen) atoms. The molecule has 0 aliphatic carbocycles. The molecule has 2 aromatic rings. The number of nitrogens with one attached hydrogen (secondary N) is 3. The molecule has 1 aromatic carbocycles. The van der Waals surface area contributed by atoms with E-state index in [0.29, 0.717) is 17.2 Å². The third-order valence-electron chi connectivity index (χ3n) is 3.17. The molecule has 1 heterocycles. The van der Waals surface area contributed by atoms with Crippen molar-refractivity contribution in [2.24, 2.45) is 0 Å². The van der Waals surface area contributed by atoms with Gasteiger partial charge in [0.15, 0.2) is 10.3 Å². The summed E-state index contributed by atoms with van der Waals surface area (Å²) >= 11 is 6.57. The molecule has 8 heteroatoms. The third kappa shape index (κ3) is 6.32. The van der Waals surface area contributed by atoms with Gasteiger partial charge in [-0.2, -0.15) is 0 Å². The molecule has 0 bridgehead atoms. The van der Waals surface area contributed by atoms with E-state index in [-0.39, 0.29) is 5.91 Å². The van der Waals surface area contributed by atoms with Crippen molar-refractivity contribution in [2.45, 2.75) is 31.7 Å². The Balaban J connectivity index is 1.88. The maximum absolute atomic E-state index is 12.0. The molecule has 6 nitrogen and oxygen atoms in total. The summed E-state index contributed by atoms with van der Waals surface area (Å²) in [7, 11) is 0. The van der Waals surface area contributed by atoms with Crippen LogP contribution in [0.15, 0.2) is 35.5 Å². The third-order valence-corrected chi connectivity index (χ3v) is 4.34. The van der Waals surface area contributed by atoms with Gasteiger partial charge in [0.1, 0.15) is 0 Å². The number of rotatable bonds is 5. The molecule has 1 aromatic heterocycles. The summed E-state index contributed by atoms with van der Waals surface area (Å²) in [5.74, 6) is 0.505. The van der Waals surface area contributed by atoms with E-state index < -0.39 is 0 Å². The van der Waals surface area contributed by atoms with Gasteiger partial charge >= 0.3 is 0 Å². The first-order valence-electron chi connectivity index (χ1n) is 7.86. The number of nitrogens with zero attached hydrogens (tertiary/aromatic N) is 2. The van der Waals surface area contributed by atoms with E-state index in [0.717, 1.165) is 27.9 Å². The predicted molar refractivity (Wildman–Crippen MR) is 104 cm³/mol. The molecule has 1 amide bonds. The zero-order valence-corrected chi connectivity index (χ0v) is 16.1. The Bertz CT molecular complexity index is 729. The minimum atomic E-state index is -0.239. The van der Waals surface area contributed by atoms with Gasteiger partial charge < -0.3 is 5.32 Å². The Labute approximate surface area is 157 Å². The van der Waals surface area contributed by atoms with Crippen LogP contribution in [0.1, 0.15) is 34.2 Å². The van der Waals surface area contributed by atoms with Crippen molar-refractivity contribution in [1.82, 2.24) is 26.1 Å². The van der Waals surface area contributed by atoms with Crippen molar-refractivity contribution in [3.63, 3.8) is 0 Å². The molecule has 0 atom stereocenters. The lowest BCUT2D eigenvalue weighted by Gasteiger charge is -2.10. The lowest BCUT2D eigenvalue weighted by atomic mass is 10.1. The molecule has 0 saturated carbocycles. The number of thioether (sulfide) groups is 1. The number of carbonyl (C=O) groups excluding carboxylic acids is 1. The smallest absolute Gasteiger partial charge is 0.269 e. The summed E-state index contributed by atoms with van der Waals surface area (Å²) < 4.78 is 0. The van der Waals surface area contributed by atoms with Crippen LogP contribution in [0.4, 0.5) is 0 Å². The molecule has 0 saturated heterocycles. The number of carbonyl (C=O) groups is 1. The Morgan fingerprint density at radius 3 is 2.36 bits per heavy atom. The molecule has 0 fully saturated rings. The molecule has 0 aliphatic heterocycles. The maximum Gasteiger partial charge on any atom is 0.269 e. The lowest BCUT2D eigenvalue weighted by molar-refractivity contribution is 0.0943. The predicted octanol–water partition coefficient (Wildman–Crippen LogP) is 2.51. The van der Waals surface area contributed by atoms with Crippen LogP contribution >= 0.6 is 24.0 Å². The van der Waals surface area contributed by atoms with Crippen LogP contribution in [0, 0.1) is 13.8 Å². The fourth-order valence-corrected chi connectivity index (χ4v) is 3.15. The number of benzene rings is 1. The molecule has 0 spiro atoms. The first-order valence-corrected chi connectivity index (χ1v) is 9.25. The van der Waals surface area contributed by atoms with Crippen LogP contribution in [0.3, 0.4) is 0 Å². The first kappa shape index (κ1) is 19.1. The first-order chi connectivity index (χ1) is 12.0. The molecule has 0 radical (unpaired) electrons. The quantitative estimate of drug-likeness (QED) is 0.321. The standard InChI is InChI=1S/C17H21N5OS2/c1-4-18-16(24)22-21-15(23)14-7-5-13(6-8-14)10-25-17-19-11(2)9-12(3)20-17/h5-9H,4,10H2,1-3H3,(H,21,23)(H2,18,22,24). The summed E-state index contributed by atoms with van der Waals surface area (Å²) in [6, 6.07) is 9.37. The fourth-order valence-electron chi connectivity index (χ4n) is 2.05. The van der Waals surface area contributed by atoms with Crippen LogP contribution in [0.2, 0.25) is 0 Å². The van der Waals surface area contributed by atoms with Gasteiger partial charge in [-0.05, 0) is 56.8 Å². The van der Waals surface area contributed by atoms with Crippen molar-refractivity contribution in [2.75, 3.05) is 6.54 Å². The topological polar surface area (TPSA) is 78.9 Å². The maximum atomic E-state index is 12.0. The van der Waals surface area contributed by atoms with E-state index in [1.54, 1.807) is 23.9 Å². The fraction of sp³-hybridized carbons (Fsp3) is 0.294. The van der Waals surface area contributed by atoms with Crippen molar-refractivity contribution in [3.8, 4) is 0 Å². The van der Waals surface area contributed by atoms with Crippen LogP contribution in [-0.2, 0) is 5.75 Å². The molecule has 0 aliphatic rings. The largest absolute Gasteiger partial charge is 0.362 e. The van der Waals surface area contributed by atoms with E-state index in [1.807, 2.05) is 39.0 Å². The van der Waals surface area contributed by atoms with Gasteiger partial charge in [-0.15, -0.1) is 0 Å². The normalized spacial score (nSPS) is 10.2. The van der Waals surface area contributed by atoms with Gasteiger partial charge in [0.2, 0.25) is 0 Å². The van der Waals surface area contributed by atoms with Gasteiger partial charge in [0.05, 0.1) is 0 Å². The molecule has 3 N–H and O–H groups in total. The summed E-state index contributed by atoms with van der Waals surface area (Å²) in [5, 5.41) is 4.04. The van der Waals surface area contributed by atoms with Crippen LogP contribution in [0.5, 0.6) is 0 Å². The second kappa shape index (κ2) is 9.33. The number of aryl methyl sites for hydroxylation is 2. The van der Waals surface area contributed by atoms with Crippen molar-refractivity contribution in [1.29, 1.82) is 0 Å². The van der Waals surface area contributed by atoms with Gasteiger partial charge in [0.25, 0.3) is 5.91 Å². The highest BCUT2D eigenvalue weighted by Crippen LogP contribution is 2.20.